The van der Waals surface area contributed by atoms with Crippen molar-refractivity contribution < 1.29 is 9.59 Å². The lowest BCUT2D eigenvalue weighted by atomic mass is 10.1. The van der Waals surface area contributed by atoms with E-state index in [1.807, 2.05) is 24.3 Å². The molecule has 2 aromatic heterocycles. The predicted molar refractivity (Wildman–Crippen MR) is 78.0 cm³/mol. The third kappa shape index (κ3) is 4.68. The van der Waals surface area contributed by atoms with Gasteiger partial charge < -0.3 is 10.6 Å². The minimum absolute atomic E-state index is 0.0173. The molecule has 2 N–H and O–H groups in total. The SMILES string of the molecule is CC(=O)NCC(=O)NCc1ccc(-c2cccnc2)nc1. The van der Waals surface area contributed by atoms with E-state index in [0.717, 1.165) is 16.8 Å². The maximum atomic E-state index is 11.5. The fourth-order valence-corrected chi connectivity index (χ4v) is 1.68. The highest BCUT2D eigenvalue weighted by Crippen LogP contribution is 2.14. The van der Waals surface area contributed by atoms with Crippen LogP contribution in [0.3, 0.4) is 0 Å². The zero-order valence-corrected chi connectivity index (χ0v) is 11.7. The molecule has 2 aromatic rings. The molecule has 0 saturated carbocycles. The summed E-state index contributed by atoms with van der Waals surface area (Å²) in [6.45, 7) is 1.73. The molecule has 0 bridgehead atoms. The van der Waals surface area contributed by atoms with E-state index in [9.17, 15) is 9.59 Å². The molecule has 21 heavy (non-hydrogen) atoms. The van der Waals surface area contributed by atoms with Crippen LogP contribution in [0.5, 0.6) is 0 Å². The van der Waals surface area contributed by atoms with Crippen LogP contribution in [0.1, 0.15) is 12.5 Å². The van der Waals surface area contributed by atoms with Crippen molar-refractivity contribution >= 4 is 11.8 Å². The zero-order valence-electron chi connectivity index (χ0n) is 11.7. The van der Waals surface area contributed by atoms with E-state index in [4.69, 9.17) is 0 Å². The fourth-order valence-electron chi connectivity index (χ4n) is 1.68. The molecule has 2 heterocycles. The van der Waals surface area contributed by atoms with E-state index < -0.39 is 0 Å². The molecule has 0 spiro atoms. The molecule has 0 radical (unpaired) electrons. The van der Waals surface area contributed by atoms with Gasteiger partial charge in [-0.2, -0.15) is 0 Å². The van der Waals surface area contributed by atoms with Crippen LogP contribution in [0.25, 0.3) is 11.3 Å². The third-order valence-electron chi connectivity index (χ3n) is 2.77. The molecule has 2 rings (SSSR count). The number of hydrogen-bond donors (Lipinski definition) is 2. The highest BCUT2D eigenvalue weighted by Gasteiger charge is 2.03. The van der Waals surface area contributed by atoms with E-state index in [-0.39, 0.29) is 18.4 Å². The standard InChI is InChI=1S/C15H16N4O2/c1-11(20)17-10-15(21)19-8-12-4-5-14(18-7-12)13-3-2-6-16-9-13/h2-7,9H,8,10H2,1H3,(H,17,20)(H,19,21). The van der Waals surface area contributed by atoms with Crippen molar-refractivity contribution in [2.24, 2.45) is 0 Å². The molecule has 6 nitrogen and oxygen atoms in total. The van der Waals surface area contributed by atoms with Crippen LogP contribution in [-0.4, -0.2) is 28.3 Å². The van der Waals surface area contributed by atoms with E-state index in [0.29, 0.717) is 6.54 Å². The Morgan fingerprint density at radius 2 is 2.00 bits per heavy atom. The summed E-state index contributed by atoms with van der Waals surface area (Å²) in [6.07, 6.45) is 5.17. The fraction of sp³-hybridized carbons (Fsp3) is 0.200. The Hall–Kier alpha value is -2.76. The van der Waals surface area contributed by atoms with Crippen molar-refractivity contribution in [3.05, 3.63) is 48.4 Å². The van der Waals surface area contributed by atoms with Gasteiger partial charge in [-0.1, -0.05) is 6.07 Å². The summed E-state index contributed by atoms with van der Waals surface area (Å²) >= 11 is 0. The molecule has 6 heteroatoms. The first-order valence-corrected chi connectivity index (χ1v) is 6.51. The molecule has 0 aromatic carbocycles. The Morgan fingerprint density at radius 1 is 1.14 bits per heavy atom. The number of hydrogen-bond acceptors (Lipinski definition) is 4. The van der Waals surface area contributed by atoms with Crippen LogP contribution < -0.4 is 10.6 Å². The van der Waals surface area contributed by atoms with E-state index in [2.05, 4.69) is 20.6 Å². The second kappa shape index (κ2) is 7.14. The lowest BCUT2D eigenvalue weighted by molar-refractivity contribution is -0.125. The van der Waals surface area contributed by atoms with Gasteiger partial charge in [0.25, 0.3) is 0 Å². The van der Waals surface area contributed by atoms with E-state index >= 15 is 0 Å². The van der Waals surface area contributed by atoms with Gasteiger partial charge >= 0.3 is 0 Å². The highest BCUT2D eigenvalue weighted by molar-refractivity contribution is 5.83. The van der Waals surface area contributed by atoms with E-state index in [1.54, 1.807) is 18.6 Å². The van der Waals surface area contributed by atoms with Gasteiger partial charge in [0, 0.05) is 37.6 Å². The summed E-state index contributed by atoms with van der Waals surface area (Å²) in [7, 11) is 0. The quantitative estimate of drug-likeness (QED) is 0.854. The molecule has 0 atom stereocenters. The van der Waals surface area contributed by atoms with Gasteiger partial charge in [0.05, 0.1) is 12.2 Å². The Bertz CT molecular complexity index is 611. The second-order valence-corrected chi connectivity index (χ2v) is 4.48. The summed E-state index contributed by atoms with van der Waals surface area (Å²) < 4.78 is 0. The van der Waals surface area contributed by atoms with Gasteiger partial charge in [-0.25, -0.2) is 0 Å². The lowest BCUT2D eigenvalue weighted by Gasteiger charge is -2.06. The summed E-state index contributed by atoms with van der Waals surface area (Å²) in [6, 6.07) is 7.57. The normalized spacial score (nSPS) is 9.95. The van der Waals surface area contributed by atoms with Crippen molar-refractivity contribution in [2.75, 3.05) is 6.54 Å². The second-order valence-electron chi connectivity index (χ2n) is 4.48. The Balaban J connectivity index is 1.88. The largest absolute Gasteiger partial charge is 0.350 e. The van der Waals surface area contributed by atoms with Gasteiger partial charge in [-0.05, 0) is 23.8 Å². The molecular formula is C15H16N4O2. The topological polar surface area (TPSA) is 84.0 Å². The van der Waals surface area contributed by atoms with E-state index in [1.165, 1.54) is 6.92 Å². The van der Waals surface area contributed by atoms with Crippen LogP contribution in [-0.2, 0) is 16.1 Å². The molecule has 0 aliphatic rings. The monoisotopic (exact) mass is 284 g/mol. The number of carbonyl (C=O) groups is 2. The molecule has 0 saturated heterocycles. The molecular weight excluding hydrogens is 268 g/mol. The minimum atomic E-state index is -0.235. The molecule has 108 valence electrons. The number of carbonyl (C=O) groups excluding carboxylic acids is 2. The summed E-state index contributed by atoms with van der Waals surface area (Å²) in [5, 5.41) is 5.15. The maximum absolute atomic E-state index is 11.5. The average molecular weight is 284 g/mol. The number of amides is 2. The number of rotatable bonds is 5. The van der Waals surface area contributed by atoms with Crippen molar-refractivity contribution in [3.8, 4) is 11.3 Å². The van der Waals surface area contributed by atoms with Crippen LogP contribution in [0, 0.1) is 0 Å². The number of nitrogens with zero attached hydrogens (tertiary/aromatic N) is 2. The van der Waals surface area contributed by atoms with Crippen LogP contribution in [0.2, 0.25) is 0 Å². The Labute approximate surface area is 122 Å². The van der Waals surface area contributed by atoms with Crippen LogP contribution >= 0.6 is 0 Å². The van der Waals surface area contributed by atoms with Gasteiger partial charge in [0.15, 0.2) is 0 Å². The summed E-state index contributed by atoms with van der Waals surface area (Å²) in [5.41, 5.74) is 2.66. The number of aromatic nitrogens is 2. The molecule has 0 aliphatic heterocycles. The van der Waals surface area contributed by atoms with Crippen molar-refractivity contribution in [1.82, 2.24) is 20.6 Å². The first-order chi connectivity index (χ1) is 10.1. The van der Waals surface area contributed by atoms with Crippen LogP contribution in [0.4, 0.5) is 0 Å². The average Bonchev–Trinajstić information content (AvgIpc) is 2.52. The smallest absolute Gasteiger partial charge is 0.239 e. The first-order valence-electron chi connectivity index (χ1n) is 6.51. The third-order valence-corrected chi connectivity index (χ3v) is 2.77. The van der Waals surface area contributed by atoms with Crippen molar-refractivity contribution in [1.29, 1.82) is 0 Å². The van der Waals surface area contributed by atoms with Crippen molar-refractivity contribution in [3.63, 3.8) is 0 Å². The van der Waals surface area contributed by atoms with Gasteiger partial charge in [0.1, 0.15) is 0 Å². The summed E-state index contributed by atoms with van der Waals surface area (Å²) in [5.74, 6) is -0.464. The first kappa shape index (κ1) is 14.6. The molecule has 0 fully saturated rings. The zero-order chi connectivity index (χ0) is 15.1. The number of nitrogens with one attached hydrogen (secondary N) is 2. The molecule has 0 aliphatic carbocycles. The van der Waals surface area contributed by atoms with Gasteiger partial charge in [0.2, 0.25) is 11.8 Å². The van der Waals surface area contributed by atoms with Gasteiger partial charge in [-0.15, -0.1) is 0 Å². The van der Waals surface area contributed by atoms with Crippen LogP contribution in [0.15, 0.2) is 42.9 Å². The minimum Gasteiger partial charge on any atom is -0.350 e. The highest BCUT2D eigenvalue weighted by atomic mass is 16.2. The molecule has 0 unspecified atom stereocenters. The van der Waals surface area contributed by atoms with Gasteiger partial charge in [-0.3, -0.25) is 19.6 Å². The lowest BCUT2D eigenvalue weighted by Crippen LogP contribution is -2.35. The summed E-state index contributed by atoms with van der Waals surface area (Å²) in [4.78, 5) is 30.5. The maximum Gasteiger partial charge on any atom is 0.239 e. The Kier molecular flexibility index (Phi) is 4.98. The number of pyridine rings is 2. The predicted octanol–water partition coefficient (Wildman–Crippen LogP) is 0.896. The molecule has 2 amide bonds. The van der Waals surface area contributed by atoms with Crippen molar-refractivity contribution in [2.45, 2.75) is 13.5 Å². The Morgan fingerprint density at radius 3 is 2.62 bits per heavy atom.